The van der Waals surface area contributed by atoms with Crippen LogP contribution in [0.25, 0.3) is 6.08 Å². The predicted octanol–water partition coefficient (Wildman–Crippen LogP) is 2.13. The van der Waals surface area contributed by atoms with E-state index < -0.39 is 0 Å². The summed E-state index contributed by atoms with van der Waals surface area (Å²) in [5, 5.41) is 0. The third kappa shape index (κ3) is 2.07. The Morgan fingerprint density at radius 2 is 2.41 bits per heavy atom. The summed E-state index contributed by atoms with van der Waals surface area (Å²) in [6.07, 6.45) is 4.81. The van der Waals surface area contributed by atoms with Gasteiger partial charge in [0.2, 0.25) is 0 Å². The molecular weight excluding hydrogens is 280 g/mol. The lowest BCUT2D eigenvalue weighted by atomic mass is 9.91. The molecule has 2 aliphatic rings. The van der Waals surface area contributed by atoms with Gasteiger partial charge in [0, 0.05) is 28.7 Å². The molecule has 2 unspecified atom stereocenters. The van der Waals surface area contributed by atoms with Gasteiger partial charge in [0.25, 0.3) is 0 Å². The highest BCUT2D eigenvalue weighted by molar-refractivity contribution is 9.10. The third-order valence-corrected chi connectivity index (χ3v) is 4.15. The molecule has 2 fully saturated rings. The van der Waals surface area contributed by atoms with Crippen molar-refractivity contribution in [3.05, 3.63) is 34.1 Å². The highest BCUT2D eigenvalue weighted by Crippen LogP contribution is 2.31. The van der Waals surface area contributed by atoms with Crippen molar-refractivity contribution in [2.45, 2.75) is 6.42 Å². The summed E-state index contributed by atoms with van der Waals surface area (Å²) in [6.45, 7) is 2.66. The molecule has 2 bridgehead atoms. The topological polar surface area (TPSA) is 33.2 Å². The molecule has 0 saturated carbocycles. The van der Waals surface area contributed by atoms with E-state index in [-0.39, 0.29) is 5.78 Å². The Morgan fingerprint density at radius 3 is 3.24 bits per heavy atom. The second-order valence-electron chi connectivity index (χ2n) is 4.61. The molecule has 0 radical (unpaired) electrons. The number of nitrogens with zero attached hydrogens (tertiary/aromatic N) is 2. The summed E-state index contributed by atoms with van der Waals surface area (Å²) < 4.78 is 0.945. The van der Waals surface area contributed by atoms with Crippen molar-refractivity contribution >= 4 is 27.8 Å². The molecule has 0 aromatic carbocycles. The van der Waals surface area contributed by atoms with Crippen LogP contribution in [-0.2, 0) is 4.79 Å². The van der Waals surface area contributed by atoms with Gasteiger partial charge in [0.05, 0.1) is 12.2 Å². The Kier molecular flexibility index (Phi) is 2.84. The summed E-state index contributed by atoms with van der Waals surface area (Å²) in [5.41, 5.74) is 1.81. The maximum atomic E-state index is 12.0. The van der Waals surface area contributed by atoms with Crippen molar-refractivity contribution in [3.63, 3.8) is 0 Å². The molecule has 3 nitrogen and oxygen atoms in total. The highest BCUT2D eigenvalue weighted by Gasteiger charge is 2.35. The number of carbonyl (C=O) groups excluding carboxylic acids is 1. The molecule has 0 amide bonds. The Morgan fingerprint density at radius 1 is 1.53 bits per heavy atom. The summed E-state index contributed by atoms with van der Waals surface area (Å²) in [5.74, 6) is 0.668. The van der Waals surface area contributed by atoms with Gasteiger partial charge in [-0.15, -0.1) is 0 Å². The number of hydrogen-bond donors (Lipinski definition) is 0. The van der Waals surface area contributed by atoms with E-state index in [0.29, 0.717) is 12.5 Å². The van der Waals surface area contributed by atoms with Crippen molar-refractivity contribution in [1.82, 2.24) is 9.88 Å². The number of ketones is 1. The first-order valence-corrected chi connectivity index (χ1v) is 6.61. The van der Waals surface area contributed by atoms with Gasteiger partial charge in [-0.3, -0.25) is 14.7 Å². The number of fused-ring (bicyclic) bond motifs is 2. The van der Waals surface area contributed by atoms with Crippen molar-refractivity contribution < 1.29 is 4.79 Å². The van der Waals surface area contributed by atoms with Crippen molar-refractivity contribution in [1.29, 1.82) is 0 Å². The van der Waals surface area contributed by atoms with E-state index in [1.165, 1.54) is 0 Å². The zero-order valence-electron chi connectivity index (χ0n) is 9.40. The molecule has 4 heteroatoms. The molecular formula is C13H13BrN2O. The van der Waals surface area contributed by atoms with Gasteiger partial charge >= 0.3 is 0 Å². The number of pyridine rings is 1. The van der Waals surface area contributed by atoms with Crippen LogP contribution in [0, 0.1) is 5.92 Å². The number of carbonyl (C=O) groups is 1. The summed E-state index contributed by atoms with van der Waals surface area (Å²) in [6, 6.07) is 3.83. The molecule has 2 aliphatic heterocycles. The second kappa shape index (κ2) is 4.35. The Bertz CT molecular complexity index is 498. The third-order valence-electron chi connectivity index (χ3n) is 3.48. The highest BCUT2D eigenvalue weighted by atomic mass is 79.9. The Labute approximate surface area is 109 Å². The fraction of sp³-hybridized carbons (Fsp3) is 0.385. The van der Waals surface area contributed by atoms with Crippen LogP contribution in [0.15, 0.2) is 28.4 Å². The molecule has 1 aromatic rings. The summed E-state index contributed by atoms with van der Waals surface area (Å²) in [4.78, 5) is 18.6. The number of rotatable bonds is 1. The van der Waals surface area contributed by atoms with Gasteiger partial charge < -0.3 is 0 Å². The lowest BCUT2D eigenvalue weighted by Crippen LogP contribution is -2.35. The van der Waals surface area contributed by atoms with Gasteiger partial charge in [-0.2, -0.15) is 0 Å². The van der Waals surface area contributed by atoms with Crippen LogP contribution in [-0.4, -0.2) is 35.3 Å². The number of hydrogen-bond acceptors (Lipinski definition) is 3. The number of aromatic nitrogens is 1. The molecule has 2 saturated heterocycles. The van der Waals surface area contributed by atoms with E-state index >= 15 is 0 Å². The van der Waals surface area contributed by atoms with E-state index in [1.54, 1.807) is 6.20 Å². The lowest BCUT2D eigenvalue weighted by molar-refractivity contribution is -0.117. The van der Waals surface area contributed by atoms with Crippen LogP contribution in [0.1, 0.15) is 12.1 Å². The molecule has 0 spiro atoms. The molecule has 2 atom stereocenters. The van der Waals surface area contributed by atoms with Crippen LogP contribution in [0.2, 0.25) is 0 Å². The minimum absolute atomic E-state index is 0.260. The van der Waals surface area contributed by atoms with E-state index in [2.05, 4.69) is 25.8 Å². The SMILES string of the molecule is O=C1CN2CCC(C2)/C1=C\c1ncccc1Br. The van der Waals surface area contributed by atoms with Crippen LogP contribution < -0.4 is 0 Å². The van der Waals surface area contributed by atoms with Gasteiger partial charge in [0.15, 0.2) is 5.78 Å². The molecule has 1 aromatic heterocycles. The first-order valence-electron chi connectivity index (χ1n) is 5.82. The zero-order valence-corrected chi connectivity index (χ0v) is 11.0. The molecule has 3 rings (SSSR count). The smallest absolute Gasteiger partial charge is 0.173 e. The maximum Gasteiger partial charge on any atom is 0.173 e. The molecule has 17 heavy (non-hydrogen) atoms. The first kappa shape index (κ1) is 11.1. The Balaban J connectivity index is 1.97. The maximum absolute atomic E-state index is 12.0. The number of Topliss-reactive ketones (excluding diaryl/α,β-unsaturated/α-hetero) is 1. The van der Waals surface area contributed by atoms with E-state index in [9.17, 15) is 4.79 Å². The van der Waals surface area contributed by atoms with Crippen LogP contribution >= 0.6 is 15.9 Å². The van der Waals surface area contributed by atoms with Gasteiger partial charge in [-0.25, -0.2) is 0 Å². The number of halogens is 1. The van der Waals surface area contributed by atoms with Gasteiger partial charge in [-0.1, -0.05) is 0 Å². The van der Waals surface area contributed by atoms with Crippen molar-refractivity contribution in [2.75, 3.05) is 19.6 Å². The largest absolute Gasteiger partial charge is 0.295 e. The van der Waals surface area contributed by atoms with Crippen LogP contribution in [0.3, 0.4) is 0 Å². The number of piperidine rings is 1. The molecule has 0 aliphatic carbocycles. The quantitative estimate of drug-likeness (QED) is 0.744. The average Bonchev–Trinajstić information content (AvgIpc) is 2.70. The zero-order chi connectivity index (χ0) is 11.8. The van der Waals surface area contributed by atoms with Gasteiger partial charge in [-0.05, 0) is 47.1 Å². The van der Waals surface area contributed by atoms with Crippen molar-refractivity contribution in [3.8, 4) is 0 Å². The van der Waals surface area contributed by atoms with Gasteiger partial charge in [0.1, 0.15) is 0 Å². The fourth-order valence-electron chi connectivity index (χ4n) is 2.60. The molecule has 0 N–H and O–H groups in total. The standard InChI is InChI=1S/C13H13BrN2O/c14-11-2-1-4-15-12(11)6-10-9-3-5-16(7-9)8-13(10)17/h1-2,4,6,9H,3,5,7-8H2/b10-6+. The second-order valence-corrected chi connectivity index (χ2v) is 5.47. The summed E-state index contributed by atoms with van der Waals surface area (Å²) >= 11 is 3.47. The average molecular weight is 293 g/mol. The van der Waals surface area contributed by atoms with E-state index in [0.717, 1.165) is 35.3 Å². The first-order chi connectivity index (χ1) is 8.24. The Hall–Kier alpha value is -1.000. The normalized spacial score (nSPS) is 29.9. The van der Waals surface area contributed by atoms with Crippen molar-refractivity contribution in [2.24, 2.45) is 5.92 Å². The van der Waals surface area contributed by atoms with E-state index in [1.807, 2.05) is 18.2 Å². The summed E-state index contributed by atoms with van der Waals surface area (Å²) in [7, 11) is 0. The van der Waals surface area contributed by atoms with Crippen LogP contribution in [0.4, 0.5) is 0 Å². The minimum Gasteiger partial charge on any atom is -0.295 e. The monoisotopic (exact) mass is 292 g/mol. The van der Waals surface area contributed by atoms with Crippen LogP contribution in [0.5, 0.6) is 0 Å². The molecule has 3 heterocycles. The lowest BCUT2D eigenvalue weighted by Gasteiger charge is -2.23. The fourth-order valence-corrected chi connectivity index (χ4v) is 2.97. The minimum atomic E-state index is 0.260. The predicted molar refractivity (Wildman–Crippen MR) is 69.5 cm³/mol. The van der Waals surface area contributed by atoms with E-state index in [4.69, 9.17) is 0 Å². The molecule has 88 valence electrons.